The first-order chi connectivity index (χ1) is 19.3. The molecule has 0 aliphatic carbocycles. The number of fused-ring (bicyclic) bond motifs is 1. The van der Waals surface area contributed by atoms with Gasteiger partial charge in [-0.15, -0.1) is 0 Å². The van der Waals surface area contributed by atoms with Crippen molar-refractivity contribution in [2.45, 2.75) is 6.18 Å². The summed E-state index contributed by atoms with van der Waals surface area (Å²) in [5.74, 6) is -2.35. The quantitative estimate of drug-likeness (QED) is 0.133. The van der Waals surface area contributed by atoms with Crippen LogP contribution in [0.15, 0.2) is 84.9 Å². The van der Waals surface area contributed by atoms with Gasteiger partial charge in [0.25, 0.3) is 0 Å². The maximum atomic E-state index is 13.2. The van der Waals surface area contributed by atoms with Crippen LogP contribution >= 0.6 is 0 Å². The van der Waals surface area contributed by atoms with E-state index in [0.29, 0.717) is 33.8 Å². The number of benzene rings is 4. The Kier molecular flexibility index (Phi) is 7.76. The van der Waals surface area contributed by atoms with Crippen LogP contribution < -0.4 is 11.5 Å². The first kappa shape index (κ1) is 28.4. The fourth-order valence-electron chi connectivity index (χ4n) is 3.85. The third-order valence-electron chi connectivity index (χ3n) is 5.96. The molecule has 0 aliphatic rings. The van der Waals surface area contributed by atoms with E-state index in [9.17, 15) is 27.6 Å². The smallest absolute Gasteiger partial charge is 0.417 e. The summed E-state index contributed by atoms with van der Waals surface area (Å²) in [7, 11) is 0. The van der Waals surface area contributed by atoms with Crippen LogP contribution in [0.3, 0.4) is 0 Å². The SMILES string of the molecule is Nc1ccc(C(=O)O)cc1N.O=C(O)c1ccc2nc(-c3ccc(C(=O)c4ccccc4C(F)(F)F)cc3)[nH]c2c1. The Morgan fingerprint density at radius 3 is 1.93 bits per heavy atom. The highest BCUT2D eigenvalue weighted by Crippen LogP contribution is 2.33. The summed E-state index contributed by atoms with van der Waals surface area (Å²) in [6.07, 6.45) is -4.63. The first-order valence-corrected chi connectivity index (χ1v) is 11.8. The highest BCUT2D eigenvalue weighted by atomic mass is 19.4. The van der Waals surface area contributed by atoms with Crippen molar-refractivity contribution < 1.29 is 37.8 Å². The minimum Gasteiger partial charge on any atom is -0.478 e. The molecule has 0 atom stereocenters. The summed E-state index contributed by atoms with van der Waals surface area (Å²) in [6, 6.07) is 19.3. The van der Waals surface area contributed by atoms with Crippen LogP contribution in [0.4, 0.5) is 24.5 Å². The van der Waals surface area contributed by atoms with E-state index in [4.69, 9.17) is 21.7 Å². The van der Waals surface area contributed by atoms with Gasteiger partial charge in [-0.05, 0) is 42.5 Å². The molecule has 0 bridgehead atoms. The topological polar surface area (TPSA) is 172 Å². The molecular formula is C29H21F3N4O5. The predicted octanol–water partition coefficient (Wildman–Crippen LogP) is 5.73. The lowest BCUT2D eigenvalue weighted by Gasteiger charge is -2.11. The maximum Gasteiger partial charge on any atom is 0.417 e. The molecular weight excluding hydrogens is 541 g/mol. The average molecular weight is 563 g/mol. The zero-order valence-electron chi connectivity index (χ0n) is 20.9. The summed E-state index contributed by atoms with van der Waals surface area (Å²) in [5.41, 5.74) is 12.1. The molecule has 9 nitrogen and oxygen atoms in total. The number of nitrogen functional groups attached to an aromatic ring is 2. The number of H-pyrrole nitrogens is 1. The molecule has 5 rings (SSSR count). The van der Waals surface area contributed by atoms with Crippen LogP contribution in [0.5, 0.6) is 0 Å². The zero-order valence-corrected chi connectivity index (χ0v) is 20.9. The molecule has 12 heteroatoms. The summed E-state index contributed by atoms with van der Waals surface area (Å²) >= 11 is 0. The summed E-state index contributed by atoms with van der Waals surface area (Å²) in [4.78, 5) is 41.5. The lowest BCUT2D eigenvalue weighted by molar-refractivity contribution is -0.137. The van der Waals surface area contributed by atoms with E-state index < -0.39 is 35.0 Å². The summed E-state index contributed by atoms with van der Waals surface area (Å²) < 4.78 is 39.6. The number of anilines is 2. The number of hydrogen-bond donors (Lipinski definition) is 5. The number of alkyl halides is 3. The second kappa shape index (κ2) is 11.2. The van der Waals surface area contributed by atoms with Gasteiger partial charge in [-0.1, -0.05) is 42.5 Å². The molecule has 208 valence electrons. The second-order valence-electron chi connectivity index (χ2n) is 8.72. The van der Waals surface area contributed by atoms with Crippen molar-refractivity contribution in [3.63, 3.8) is 0 Å². The van der Waals surface area contributed by atoms with E-state index in [-0.39, 0.29) is 16.7 Å². The van der Waals surface area contributed by atoms with Gasteiger partial charge >= 0.3 is 18.1 Å². The van der Waals surface area contributed by atoms with Crippen LogP contribution in [0, 0.1) is 0 Å². The number of carbonyl (C=O) groups excluding carboxylic acids is 1. The van der Waals surface area contributed by atoms with Gasteiger partial charge < -0.3 is 26.7 Å². The largest absolute Gasteiger partial charge is 0.478 e. The van der Waals surface area contributed by atoms with E-state index in [1.165, 1.54) is 54.6 Å². The first-order valence-electron chi connectivity index (χ1n) is 11.8. The molecule has 5 aromatic rings. The van der Waals surface area contributed by atoms with Gasteiger partial charge in [-0.25, -0.2) is 14.6 Å². The average Bonchev–Trinajstić information content (AvgIpc) is 3.37. The van der Waals surface area contributed by atoms with E-state index in [2.05, 4.69) is 9.97 Å². The molecule has 0 radical (unpaired) electrons. The summed E-state index contributed by atoms with van der Waals surface area (Å²) in [5, 5.41) is 17.6. The van der Waals surface area contributed by atoms with E-state index in [0.717, 1.165) is 12.1 Å². The molecule has 0 saturated carbocycles. The van der Waals surface area contributed by atoms with Crippen LogP contribution in [-0.2, 0) is 6.18 Å². The number of halogens is 3. The van der Waals surface area contributed by atoms with Gasteiger partial charge in [0.05, 0.1) is 39.1 Å². The van der Waals surface area contributed by atoms with E-state index >= 15 is 0 Å². The van der Waals surface area contributed by atoms with Crippen molar-refractivity contribution in [2.24, 2.45) is 0 Å². The number of imidazole rings is 1. The minimum atomic E-state index is -4.63. The Morgan fingerprint density at radius 1 is 0.732 bits per heavy atom. The normalized spacial score (nSPS) is 11.0. The number of carboxylic acids is 2. The molecule has 7 N–H and O–H groups in total. The molecule has 0 unspecified atom stereocenters. The van der Waals surface area contributed by atoms with Crippen LogP contribution in [-0.4, -0.2) is 37.9 Å². The van der Waals surface area contributed by atoms with Crippen molar-refractivity contribution >= 4 is 40.1 Å². The number of aromatic amines is 1. The van der Waals surface area contributed by atoms with Gasteiger partial charge in [-0.2, -0.15) is 13.2 Å². The number of nitrogens with zero attached hydrogens (tertiary/aromatic N) is 1. The number of hydrogen-bond acceptors (Lipinski definition) is 6. The minimum absolute atomic E-state index is 0.111. The molecule has 1 heterocycles. The number of carboxylic acid groups (broad SMARTS) is 2. The number of carbonyl (C=O) groups is 3. The number of aromatic carboxylic acids is 2. The van der Waals surface area contributed by atoms with Crippen molar-refractivity contribution in [3.8, 4) is 11.4 Å². The van der Waals surface area contributed by atoms with Crippen molar-refractivity contribution in [2.75, 3.05) is 11.5 Å². The Morgan fingerprint density at radius 2 is 1.32 bits per heavy atom. The third kappa shape index (κ3) is 6.33. The summed E-state index contributed by atoms with van der Waals surface area (Å²) in [6.45, 7) is 0. The Bertz CT molecular complexity index is 1780. The fourth-order valence-corrected chi connectivity index (χ4v) is 3.85. The number of aromatic nitrogens is 2. The van der Waals surface area contributed by atoms with Gasteiger partial charge in [-0.3, -0.25) is 4.79 Å². The highest BCUT2D eigenvalue weighted by Gasteiger charge is 2.35. The number of nitrogens with two attached hydrogens (primary N) is 2. The number of rotatable bonds is 5. The van der Waals surface area contributed by atoms with Crippen molar-refractivity contribution in [1.82, 2.24) is 9.97 Å². The number of nitrogens with one attached hydrogen (secondary N) is 1. The van der Waals surface area contributed by atoms with Gasteiger partial charge in [0.1, 0.15) is 5.82 Å². The van der Waals surface area contributed by atoms with E-state index in [1.807, 2.05) is 0 Å². The van der Waals surface area contributed by atoms with Gasteiger partial charge in [0.2, 0.25) is 0 Å². The molecule has 0 aliphatic heterocycles. The Balaban J connectivity index is 0.000000296. The molecule has 41 heavy (non-hydrogen) atoms. The van der Waals surface area contributed by atoms with Crippen LogP contribution in [0.2, 0.25) is 0 Å². The number of ketones is 1. The van der Waals surface area contributed by atoms with Gasteiger partial charge in [0.15, 0.2) is 5.78 Å². The van der Waals surface area contributed by atoms with Gasteiger partial charge in [0, 0.05) is 16.7 Å². The third-order valence-corrected chi connectivity index (χ3v) is 5.96. The van der Waals surface area contributed by atoms with Crippen molar-refractivity contribution in [3.05, 3.63) is 113 Å². The predicted molar refractivity (Wildman–Crippen MR) is 146 cm³/mol. The molecule has 0 fully saturated rings. The van der Waals surface area contributed by atoms with Crippen molar-refractivity contribution in [1.29, 1.82) is 0 Å². The molecule has 4 aromatic carbocycles. The van der Waals surface area contributed by atoms with Crippen LogP contribution in [0.25, 0.3) is 22.4 Å². The van der Waals surface area contributed by atoms with Crippen LogP contribution in [0.1, 0.15) is 42.2 Å². The zero-order chi connectivity index (χ0) is 29.9. The second-order valence-corrected chi connectivity index (χ2v) is 8.72. The molecule has 0 spiro atoms. The van der Waals surface area contributed by atoms with E-state index in [1.54, 1.807) is 18.2 Å². The maximum absolute atomic E-state index is 13.2. The molecule has 1 aromatic heterocycles. The highest BCUT2D eigenvalue weighted by molar-refractivity contribution is 6.10. The lowest BCUT2D eigenvalue weighted by atomic mass is 9.97. The Labute approximate surface area is 229 Å². The lowest BCUT2D eigenvalue weighted by Crippen LogP contribution is -2.13. The fraction of sp³-hybridized carbons (Fsp3) is 0.0345. The molecule has 0 saturated heterocycles. The standard InChI is InChI=1S/C22H13F3N2O3.C7H8N2O2/c23-22(24,25)16-4-2-1-3-15(16)19(28)12-5-7-13(8-6-12)20-26-17-10-9-14(21(29)30)11-18(17)27-20;8-5-2-1-4(7(10)11)3-6(5)9/h1-11H,(H,26,27)(H,29,30);1-3H,8-9H2,(H,10,11). The monoisotopic (exact) mass is 562 g/mol. The molecule has 0 amide bonds. The Hall–Kier alpha value is -5.65.